The van der Waals surface area contributed by atoms with Gasteiger partial charge in [-0.25, -0.2) is 4.98 Å². The SMILES string of the molecule is CC1CN(c2ccc(C=O)cn2)CC(C)O1. The molecule has 0 amide bonds. The van der Waals surface area contributed by atoms with Gasteiger partial charge in [0.2, 0.25) is 0 Å². The summed E-state index contributed by atoms with van der Waals surface area (Å²) in [6.45, 7) is 5.81. The largest absolute Gasteiger partial charge is 0.372 e. The molecule has 86 valence electrons. The second kappa shape index (κ2) is 4.61. The molecule has 1 aromatic rings. The highest BCUT2D eigenvalue weighted by Crippen LogP contribution is 2.17. The Morgan fingerprint density at radius 2 is 2.06 bits per heavy atom. The molecule has 1 aliphatic heterocycles. The Balaban J connectivity index is 2.13. The first kappa shape index (κ1) is 11.1. The number of carbonyl (C=O) groups is 1. The van der Waals surface area contributed by atoms with Crippen molar-refractivity contribution in [2.75, 3.05) is 18.0 Å². The summed E-state index contributed by atoms with van der Waals surface area (Å²) in [7, 11) is 0. The maximum absolute atomic E-state index is 10.5. The van der Waals surface area contributed by atoms with E-state index in [4.69, 9.17) is 4.74 Å². The molecule has 0 aromatic carbocycles. The van der Waals surface area contributed by atoms with E-state index in [-0.39, 0.29) is 12.2 Å². The van der Waals surface area contributed by atoms with Crippen LogP contribution in [0, 0.1) is 0 Å². The Kier molecular flexibility index (Phi) is 3.19. The van der Waals surface area contributed by atoms with Crippen LogP contribution in [0.25, 0.3) is 0 Å². The van der Waals surface area contributed by atoms with E-state index in [9.17, 15) is 4.79 Å². The number of rotatable bonds is 2. The van der Waals surface area contributed by atoms with Gasteiger partial charge >= 0.3 is 0 Å². The summed E-state index contributed by atoms with van der Waals surface area (Å²) >= 11 is 0. The van der Waals surface area contributed by atoms with Crippen molar-refractivity contribution in [1.82, 2.24) is 4.98 Å². The first-order chi connectivity index (χ1) is 7.69. The lowest BCUT2D eigenvalue weighted by molar-refractivity contribution is -0.00546. The van der Waals surface area contributed by atoms with Crippen molar-refractivity contribution in [2.45, 2.75) is 26.1 Å². The summed E-state index contributed by atoms with van der Waals surface area (Å²) in [5.74, 6) is 0.910. The minimum atomic E-state index is 0.219. The zero-order valence-corrected chi connectivity index (χ0v) is 9.59. The van der Waals surface area contributed by atoms with Crippen LogP contribution in [0.2, 0.25) is 0 Å². The molecule has 16 heavy (non-hydrogen) atoms. The second-order valence-electron chi connectivity index (χ2n) is 4.23. The molecule has 1 saturated heterocycles. The van der Waals surface area contributed by atoms with Crippen LogP contribution < -0.4 is 4.90 Å². The second-order valence-corrected chi connectivity index (χ2v) is 4.23. The molecule has 0 bridgehead atoms. The third-order valence-electron chi connectivity index (χ3n) is 2.65. The van der Waals surface area contributed by atoms with E-state index >= 15 is 0 Å². The molecule has 1 aliphatic rings. The minimum Gasteiger partial charge on any atom is -0.372 e. The van der Waals surface area contributed by atoms with Gasteiger partial charge in [0, 0.05) is 24.8 Å². The van der Waals surface area contributed by atoms with Crippen LogP contribution in [-0.2, 0) is 4.74 Å². The molecule has 1 aromatic heterocycles. The zero-order chi connectivity index (χ0) is 11.5. The van der Waals surface area contributed by atoms with Crippen molar-refractivity contribution in [3.8, 4) is 0 Å². The summed E-state index contributed by atoms with van der Waals surface area (Å²) in [5.41, 5.74) is 0.609. The Labute approximate surface area is 95.2 Å². The predicted molar refractivity (Wildman–Crippen MR) is 61.8 cm³/mol. The number of aldehydes is 1. The molecule has 2 atom stereocenters. The minimum absolute atomic E-state index is 0.219. The summed E-state index contributed by atoms with van der Waals surface area (Å²) in [6.07, 6.45) is 2.85. The molecular weight excluding hydrogens is 204 g/mol. The summed E-state index contributed by atoms with van der Waals surface area (Å²) < 4.78 is 5.66. The molecule has 0 aliphatic carbocycles. The standard InChI is InChI=1S/C12H16N2O2/c1-9-6-14(7-10(2)16-9)12-4-3-11(8-15)5-13-12/h3-5,8-10H,6-7H2,1-2H3. The van der Waals surface area contributed by atoms with E-state index in [0.29, 0.717) is 5.56 Å². The van der Waals surface area contributed by atoms with Crippen LogP contribution in [0.4, 0.5) is 5.82 Å². The summed E-state index contributed by atoms with van der Waals surface area (Å²) in [4.78, 5) is 17.0. The Hall–Kier alpha value is -1.42. The lowest BCUT2D eigenvalue weighted by Crippen LogP contribution is -2.45. The van der Waals surface area contributed by atoms with Gasteiger partial charge in [-0.3, -0.25) is 4.79 Å². The van der Waals surface area contributed by atoms with Crippen molar-refractivity contribution in [2.24, 2.45) is 0 Å². The third-order valence-corrected chi connectivity index (χ3v) is 2.65. The molecule has 0 N–H and O–H groups in total. The number of nitrogens with zero attached hydrogens (tertiary/aromatic N) is 2. The Bertz CT molecular complexity index is 354. The molecule has 2 rings (SSSR count). The molecule has 2 heterocycles. The maximum atomic E-state index is 10.5. The average Bonchev–Trinajstić information content (AvgIpc) is 2.28. The van der Waals surface area contributed by atoms with E-state index in [0.717, 1.165) is 25.2 Å². The first-order valence-electron chi connectivity index (χ1n) is 5.50. The number of morpholine rings is 1. The van der Waals surface area contributed by atoms with Crippen LogP contribution >= 0.6 is 0 Å². The van der Waals surface area contributed by atoms with Gasteiger partial charge in [0.1, 0.15) is 5.82 Å². The van der Waals surface area contributed by atoms with Gasteiger partial charge in [-0.15, -0.1) is 0 Å². The fourth-order valence-electron chi connectivity index (χ4n) is 2.02. The molecule has 0 saturated carbocycles. The molecule has 4 nitrogen and oxygen atoms in total. The number of ether oxygens (including phenoxy) is 1. The van der Waals surface area contributed by atoms with Crippen LogP contribution in [0.1, 0.15) is 24.2 Å². The smallest absolute Gasteiger partial charge is 0.151 e. The van der Waals surface area contributed by atoms with Crippen molar-refractivity contribution in [3.63, 3.8) is 0 Å². The third kappa shape index (κ3) is 2.39. The van der Waals surface area contributed by atoms with Crippen molar-refractivity contribution < 1.29 is 9.53 Å². The lowest BCUT2D eigenvalue weighted by atomic mass is 10.2. The topological polar surface area (TPSA) is 42.4 Å². The van der Waals surface area contributed by atoms with Gasteiger partial charge in [0.15, 0.2) is 6.29 Å². The van der Waals surface area contributed by atoms with Gasteiger partial charge < -0.3 is 9.64 Å². The highest BCUT2D eigenvalue weighted by molar-refractivity contribution is 5.74. The lowest BCUT2D eigenvalue weighted by Gasteiger charge is -2.36. The molecule has 0 spiro atoms. The Morgan fingerprint density at radius 3 is 2.56 bits per heavy atom. The summed E-state index contributed by atoms with van der Waals surface area (Å²) in [5, 5.41) is 0. The molecular formula is C12H16N2O2. The number of aromatic nitrogens is 1. The fourth-order valence-corrected chi connectivity index (χ4v) is 2.02. The number of pyridine rings is 1. The van der Waals surface area contributed by atoms with Crippen molar-refractivity contribution >= 4 is 12.1 Å². The fraction of sp³-hybridized carbons (Fsp3) is 0.500. The molecule has 1 fully saturated rings. The molecule has 0 radical (unpaired) electrons. The number of anilines is 1. The van der Waals surface area contributed by atoms with Crippen molar-refractivity contribution in [1.29, 1.82) is 0 Å². The van der Waals surface area contributed by atoms with Crippen molar-refractivity contribution in [3.05, 3.63) is 23.9 Å². The quantitative estimate of drug-likeness (QED) is 0.708. The zero-order valence-electron chi connectivity index (χ0n) is 9.59. The maximum Gasteiger partial charge on any atom is 0.151 e. The van der Waals surface area contributed by atoms with Gasteiger partial charge in [0.05, 0.1) is 12.2 Å². The number of hydrogen-bond donors (Lipinski definition) is 0. The monoisotopic (exact) mass is 220 g/mol. The van der Waals surface area contributed by atoms with E-state index in [1.165, 1.54) is 0 Å². The number of carbonyl (C=O) groups excluding carboxylic acids is 1. The Morgan fingerprint density at radius 1 is 1.38 bits per heavy atom. The van der Waals surface area contributed by atoms with Crippen LogP contribution in [0.5, 0.6) is 0 Å². The normalized spacial score (nSPS) is 25.5. The van der Waals surface area contributed by atoms with Crippen LogP contribution in [0.3, 0.4) is 0 Å². The van der Waals surface area contributed by atoms with E-state index in [2.05, 4.69) is 23.7 Å². The van der Waals surface area contributed by atoms with Gasteiger partial charge in [0.25, 0.3) is 0 Å². The van der Waals surface area contributed by atoms with Gasteiger partial charge in [-0.1, -0.05) is 0 Å². The van der Waals surface area contributed by atoms with Crippen LogP contribution in [0.15, 0.2) is 18.3 Å². The predicted octanol–water partition coefficient (Wildman–Crippen LogP) is 1.51. The van der Waals surface area contributed by atoms with E-state index < -0.39 is 0 Å². The first-order valence-corrected chi connectivity index (χ1v) is 5.50. The van der Waals surface area contributed by atoms with Crippen LogP contribution in [-0.4, -0.2) is 36.6 Å². The van der Waals surface area contributed by atoms with Gasteiger partial charge in [-0.05, 0) is 26.0 Å². The molecule has 4 heteroatoms. The van der Waals surface area contributed by atoms with E-state index in [1.54, 1.807) is 12.3 Å². The highest BCUT2D eigenvalue weighted by atomic mass is 16.5. The summed E-state index contributed by atoms with van der Waals surface area (Å²) in [6, 6.07) is 3.68. The van der Waals surface area contributed by atoms with E-state index in [1.807, 2.05) is 6.07 Å². The van der Waals surface area contributed by atoms with Gasteiger partial charge in [-0.2, -0.15) is 0 Å². The molecule has 2 unspecified atom stereocenters. The number of hydrogen-bond acceptors (Lipinski definition) is 4. The highest BCUT2D eigenvalue weighted by Gasteiger charge is 2.22. The average molecular weight is 220 g/mol.